The number of halogens is 2. The van der Waals surface area contributed by atoms with Gasteiger partial charge >= 0.3 is 0 Å². The largest absolute Gasteiger partial charge is 0.495 e. The standard InChI is InChI=1S/C27H39ClFN3OS2.C2H6/c1-6-8-22(29)9-7-14-32-25(27(2,3)21-10-11-23(28)24(17-21)33-4)18-30-26(32)35-19-20-12-15-31(34-5)16-13-20;1-2/h6-11,17,20,25-26,30H,1,12-16,18-19H2,2-5H3;1-2H3/b9-7-,22-8+;. The molecule has 2 aliphatic rings. The Labute approximate surface area is 238 Å². The van der Waals surface area contributed by atoms with E-state index in [1.807, 2.05) is 55.8 Å². The Kier molecular flexibility index (Phi) is 14.1. The lowest BCUT2D eigenvalue weighted by Gasteiger charge is -2.39. The van der Waals surface area contributed by atoms with Crippen molar-refractivity contribution in [1.29, 1.82) is 0 Å². The van der Waals surface area contributed by atoms with E-state index < -0.39 is 0 Å². The monoisotopic (exact) mass is 569 g/mol. The quantitative estimate of drug-likeness (QED) is 0.219. The van der Waals surface area contributed by atoms with E-state index in [9.17, 15) is 4.39 Å². The van der Waals surface area contributed by atoms with Crippen molar-refractivity contribution in [3.63, 3.8) is 0 Å². The lowest BCUT2D eigenvalue weighted by Crippen LogP contribution is -2.47. The lowest BCUT2D eigenvalue weighted by atomic mass is 9.77. The maximum absolute atomic E-state index is 14.0. The fourth-order valence-corrected chi connectivity index (χ4v) is 7.05. The second-order valence-corrected chi connectivity index (χ2v) is 12.0. The van der Waals surface area contributed by atoms with Crippen LogP contribution in [-0.2, 0) is 5.41 Å². The van der Waals surface area contributed by atoms with Crippen LogP contribution in [0.4, 0.5) is 4.39 Å². The summed E-state index contributed by atoms with van der Waals surface area (Å²) in [4.78, 5) is 2.47. The maximum atomic E-state index is 14.0. The van der Waals surface area contributed by atoms with Gasteiger partial charge in [-0.15, -0.1) is 11.8 Å². The molecule has 2 atom stereocenters. The van der Waals surface area contributed by atoms with E-state index in [0.29, 0.717) is 17.3 Å². The second-order valence-electron chi connectivity index (χ2n) is 9.62. The minimum Gasteiger partial charge on any atom is -0.495 e. The normalized spacial score (nSPS) is 22.2. The first-order valence-corrected chi connectivity index (χ1v) is 15.8. The number of rotatable bonds is 11. The summed E-state index contributed by atoms with van der Waals surface area (Å²) in [6, 6.07) is 6.27. The smallest absolute Gasteiger partial charge is 0.137 e. The molecule has 8 heteroatoms. The van der Waals surface area contributed by atoms with E-state index in [-0.39, 0.29) is 22.8 Å². The molecule has 1 aromatic rings. The molecule has 0 bridgehead atoms. The fraction of sp³-hybridized carbons (Fsp3) is 0.586. The Morgan fingerprint density at radius 2 is 2.00 bits per heavy atom. The predicted octanol–water partition coefficient (Wildman–Crippen LogP) is 7.53. The van der Waals surface area contributed by atoms with Crippen LogP contribution in [0.2, 0.25) is 5.02 Å². The average Bonchev–Trinajstić information content (AvgIpc) is 3.32. The molecule has 0 aromatic heterocycles. The van der Waals surface area contributed by atoms with Gasteiger partial charge in [0.2, 0.25) is 0 Å². The van der Waals surface area contributed by atoms with Gasteiger partial charge in [-0.25, -0.2) is 4.39 Å². The van der Waals surface area contributed by atoms with Crippen LogP contribution >= 0.6 is 35.3 Å². The highest BCUT2D eigenvalue weighted by Crippen LogP contribution is 2.39. The Morgan fingerprint density at radius 1 is 1.30 bits per heavy atom. The van der Waals surface area contributed by atoms with Gasteiger partial charge in [-0.05, 0) is 60.6 Å². The Balaban J connectivity index is 0.00000235. The molecule has 2 unspecified atom stereocenters. The number of benzene rings is 1. The zero-order valence-electron chi connectivity index (χ0n) is 23.3. The summed E-state index contributed by atoms with van der Waals surface area (Å²) in [7, 11) is 1.65. The molecule has 1 aromatic carbocycles. The molecule has 3 rings (SSSR count). The number of ether oxygens (including phenoxy) is 1. The molecule has 2 fully saturated rings. The molecule has 0 radical (unpaired) electrons. The summed E-state index contributed by atoms with van der Waals surface area (Å²) in [5, 5.41) is 4.37. The zero-order chi connectivity index (χ0) is 27.4. The van der Waals surface area contributed by atoms with Crippen LogP contribution in [-0.4, -0.2) is 66.0 Å². The van der Waals surface area contributed by atoms with Crippen LogP contribution in [0, 0.1) is 5.92 Å². The third kappa shape index (κ3) is 9.04. The fourth-order valence-electron chi connectivity index (χ4n) is 4.85. The van der Waals surface area contributed by atoms with Crippen molar-refractivity contribution >= 4 is 35.3 Å². The molecule has 0 aliphatic carbocycles. The molecule has 0 saturated carbocycles. The van der Waals surface area contributed by atoms with Crippen LogP contribution in [0.5, 0.6) is 5.75 Å². The highest BCUT2D eigenvalue weighted by atomic mass is 35.5. The summed E-state index contributed by atoms with van der Waals surface area (Å²) in [5.74, 6) is 2.28. The van der Waals surface area contributed by atoms with Gasteiger partial charge in [0.15, 0.2) is 0 Å². The molecule has 0 amide bonds. The van der Waals surface area contributed by atoms with Crippen LogP contribution in [0.1, 0.15) is 46.1 Å². The molecular formula is C29H45ClFN3OS2. The van der Waals surface area contributed by atoms with Crippen molar-refractivity contribution in [2.24, 2.45) is 5.92 Å². The van der Waals surface area contributed by atoms with Crippen molar-refractivity contribution in [2.45, 2.75) is 57.5 Å². The van der Waals surface area contributed by atoms with Gasteiger partial charge in [-0.3, -0.25) is 14.5 Å². The minimum absolute atomic E-state index is 0.173. The van der Waals surface area contributed by atoms with Gasteiger partial charge in [-0.2, -0.15) is 0 Å². The Bertz CT molecular complexity index is 903. The van der Waals surface area contributed by atoms with E-state index in [0.717, 1.165) is 18.2 Å². The van der Waals surface area contributed by atoms with Crippen molar-refractivity contribution in [2.75, 3.05) is 45.3 Å². The second kappa shape index (κ2) is 16.2. The lowest BCUT2D eigenvalue weighted by molar-refractivity contribution is 0.192. The SMILES string of the molecule is C=C/C=C(F)\C=C/CN1C(SCC2CCN(SC)CC2)NCC1C(C)(C)c1ccc(Cl)c(OC)c1.CC. The van der Waals surface area contributed by atoms with Crippen molar-refractivity contribution in [3.05, 3.63) is 65.5 Å². The summed E-state index contributed by atoms with van der Waals surface area (Å²) >= 11 is 10.1. The molecule has 1 N–H and O–H groups in total. The third-order valence-electron chi connectivity index (χ3n) is 7.11. The first-order chi connectivity index (χ1) is 17.8. The van der Waals surface area contributed by atoms with Crippen molar-refractivity contribution in [3.8, 4) is 5.75 Å². The van der Waals surface area contributed by atoms with Gasteiger partial charge < -0.3 is 4.74 Å². The molecule has 0 spiro atoms. The van der Waals surface area contributed by atoms with Gasteiger partial charge in [0.25, 0.3) is 0 Å². The maximum Gasteiger partial charge on any atom is 0.137 e. The first kappa shape index (κ1) is 32.3. The van der Waals surface area contributed by atoms with E-state index >= 15 is 0 Å². The number of nitrogens with one attached hydrogen (secondary N) is 1. The highest BCUT2D eigenvalue weighted by Gasteiger charge is 2.43. The van der Waals surface area contributed by atoms with Gasteiger partial charge in [0.1, 0.15) is 17.1 Å². The highest BCUT2D eigenvalue weighted by molar-refractivity contribution is 7.99. The minimum atomic E-state index is -0.282. The van der Waals surface area contributed by atoms with Gasteiger partial charge in [-0.1, -0.05) is 76.0 Å². The van der Waals surface area contributed by atoms with Crippen LogP contribution in [0.3, 0.4) is 0 Å². The first-order valence-electron chi connectivity index (χ1n) is 13.2. The van der Waals surface area contributed by atoms with Gasteiger partial charge in [0, 0.05) is 37.6 Å². The summed E-state index contributed by atoms with van der Waals surface area (Å²) < 4.78 is 21.9. The zero-order valence-corrected chi connectivity index (χ0v) is 25.7. The van der Waals surface area contributed by atoms with Crippen molar-refractivity contribution in [1.82, 2.24) is 14.5 Å². The summed E-state index contributed by atoms with van der Waals surface area (Å²) in [6.07, 6.45) is 11.0. The Hall–Kier alpha value is -0.960. The molecule has 2 saturated heterocycles. The molecular weight excluding hydrogens is 525 g/mol. The summed E-state index contributed by atoms with van der Waals surface area (Å²) in [6.45, 7) is 16.0. The third-order valence-corrected chi connectivity index (χ3v) is 9.72. The summed E-state index contributed by atoms with van der Waals surface area (Å²) in [5.41, 5.74) is 1.18. The number of hydrogen-bond acceptors (Lipinski definition) is 6. The van der Waals surface area contributed by atoms with E-state index in [1.165, 1.54) is 49.7 Å². The molecule has 4 nitrogen and oxygen atoms in total. The number of piperidine rings is 1. The number of thioether (sulfide) groups is 1. The topological polar surface area (TPSA) is 27.7 Å². The van der Waals surface area contributed by atoms with Crippen LogP contribution < -0.4 is 10.1 Å². The van der Waals surface area contributed by atoms with E-state index in [2.05, 4.69) is 47.3 Å². The molecule has 37 heavy (non-hydrogen) atoms. The van der Waals surface area contributed by atoms with Crippen LogP contribution in [0.15, 0.2) is 54.9 Å². The van der Waals surface area contributed by atoms with Crippen LogP contribution in [0.25, 0.3) is 0 Å². The molecule has 208 valence electrons. The van der Waals surface area contributed by atoms with Gasteiger partial charge in [0.05, 0.1) is 12.1 Å². The molecule has 2 aliphatic heterocycles. The van der Waals surface area contributed by atoms with E-state index in [1.54, 1.807) is 7.11 Å². The number of allylic oxidation sites excluding steroid dienone is 4. The predicted molar refractivity (Wildman–Crippen MR) is 163 cm³/mol. The van der Waals surface area contributed by atoms with E-state index in [4.69, 9.17) is 16.3 Å². The number of nitrogens with zero attached hydrogens (tertiary/aromatic N) is 2. The number of hydrogen-bond donors (Lipinski definition) is 1. The molecule has 2 heterocycles. The Morgan fingerprint density at radius 3 is 2.62 bits per heavy atom. The number of methoxy groups -OCH3 is 1. The average molecular weight is 570 g/mol. The van der Waals surface area contributed by atoms with Crippen molar-refractivity contribution < 1.29 is 9.13 Å².